The van der Waals surface area contributed by atoms with Crippen LogP contribution in [0.2, 0.25) is 5.02 Å². The molecule has 0 fully saturated rings. The Bertz CT molecular complexity index is 260. The Balaban J connectivity index is 0.000000671. The Labute approximate surface area is 100 Å². The first-order chi connectivity index (χ1) is 6.24. The minimum Gasteiger partial charge on any atom is -0.465 e. The lowest BCUT2D eigenvalue weighted by molar-refractivity contribution is 0.645. The van der Waals surface area contributed by atoms with Crippen molar-refractivity contribution < 1.29 is 4.52 Å². The van der Waals surface area contributed by atoms with Gasteiger partial charge in [0.05, 0.1) is 5.02 Å². The van der Waals surface area contributed by atoms with Gasteiger partial charge in [0.25, 0.3) is 0 Å². The van der Waals surface area contributed by atoms with Gasteiger partial charge in [0.1, 0.15) is 20.0 Å². The molecule has 1 nitrogen and oxygen atoms in total. The lowest BCUT2D eigenvalue weighted by Gasteiger charge is -2.03. The van der Waals surface area contributed by atoms with E-state index in [0.717, 1.165) is 0 Å². The summed E-state index contributed by atoms with van der Waals surface area (Å²) < 4.78 is 5.22. The first-order valence-corrected chi connectivity index (χ1v) is 8.21. The molecule has 5 heteroatoms. The van der Waals surface area contributed by atoms with Crippen molar-refractivity contribution in [1.82, 2.24) is 0 Å². The maximum atomic E-state index is 5.80. The van der Waals surface area contributed by atoms with Gasteiger partial charge in [0, 0.05) is 0 Å². The second-order valence-corrected chi connectivity index (χ2v) is 3.96. The van der Waals surface area contributed by atoms with Crippen LogP contribution in [0.25, 0.3) is 0 Å². The van der Waals surface area contributed by atoms with Gasteiger partial charge in [-0.1, -0.05) is 37.0 Å². The van der Waals surface area contributed by atoms with Gasteiger partial charge in [0.2, 0.25) is 0 Å². The van der Waals surface area contributed by atoms with E-state index in [4.69, 9.17) is 24.0 Å². The number of hydrogen-bond donors (Lipinski definition) is 0. The summed E-state index contributed by atoms with van der Waals surface area (Å²) in [4.78, 5) is 0. The first kappa shape index (κ1) is 13.5. The summed E-state index contributed by atoms with van der Waals surface area (Å²) in [6, 6.07) is 5.20. The predicted molar refractivity (Wildman–Crippen MR) is 71.2 cm³/mol. The van der Waals surface area contributed by atoms with E-state index >= 15 is 0 Å². The third kappa shape index (κ3) is 5.09. The molecule has 0 aliphatic carbocycles. The van der Waals surface area contributed by atoms with Gasteiger partial charge >= 0.3 is 0 Å². The second-order valence-electron chi connectivity index (χ2n) is 1.87. The van der Waals surface area contributed by atoms with Crippen molar-refractivity contribution in [1.29, 1.82) is 0 Å². The van der Waals surface area contributed by atoms with Crippen LogP contribution in [-0.4, -0.2) is 7.85 Å². The van der Waals surface area contributed by atoms with Gasteiger partial charge in [-0.2, -0.15) is 0 Å². The third-order valence-electron chi connectivity index (χ3n) is 1.10. The molecule has 70 valence electrons. The Morgan fingerprint density at radius 2 is 2.08 bits per heavy atom. The molecule has 0 aliphatic heterocycles. The van der Waals surface area contributed by atoms with E-state index in [-0.39, 0.29) is 0 Å². The van der Waals surface area contributed by atoms with Gasteiger partial charge in [-0.3, -0.25) is 0 Å². The predicted octanol–water partition coefficient (Wildman–Crippen LogP) is 3.48. The van der Waals surface area contributed by atoms with Crippen LogP contribution in [0.4, 0.5) is 0 Å². The van der Waals surface area contributed by atoms with Crippen LogP contribution in [0, 0.1) is 0 Å². The van der Waals surface area contributed by atoms with E-state index in [1.54, 1.807) is 18.2 Å². The molecule has 1 atom stereocenters. The number of benzene rings is 1. The molecule has 1 aromatic rings. The third-order valence-corrected chi connectivity index (χ3v) is 2.36. The lowest BCUT2D eigenvalue weighted by Crippen LogP contribution is -1.99. The van der Waals surface area contributed by atoms with Crippen LogP contribution in [0.5, 0.6) is 5.75 Å². The van der Waals surface area contributed by atoms with E-state index in [0.29, 0.717) is 22.7 Å². The van der Waals surface area contributed by atoms with E-state index in [9.17, 15) is 0 Å². The Kier molecular flexibility index (Phi) is 8.22. The molecule has 1 aromatic carbocycles. The van der Waals surface area contributed by atoms with Crippen molar-refractivity contribution in [2.45, 2.75) is 13.8 Å². The van der Waals surface area contributed by atoms with Crippen LogP contribution in [0.3, 0.4) is 0 Å². The summed E-state index contributed by atoms with van der Waals surface area (Å²) in [5, 5.41) is 0.564. The standard InChI is InChI=1S/C6H4BClIOP.C2H6/c7-4-1-2-6(10-11-9)5(8)3-4;1-2/h1-3,11H;1-2H3. The van der Waals surface area contributed by atoms with E-state index in [1.165, 1.54) is 0 Å². The lowest BCUT2D eigenvalue weighted by atomic mass is 9.97. The van der Waals surface area contributed by atoms with Gasteiger partial charge in [0.15, 0.2) is 0 Å². The second kappa shape index (κ2) is 7.89. The average molecular weight is 326 g/mol. The molecule has 1 unspecified atom stereocenters. The first-order valence-electron chi connectivity index (χ1n) is 3.81. The Morgan fingerprint density at radius 3 is 2.54 bits per heavy atom. The fourth-order valence-corrected chi connectivity index (χ4v) is 1.91. The zero-order chi connectivity index (χ0) is 10.3. The summed E-state index contributed by atoms with van der Waals surface area (Å²) in [5.74, 6) is 0.689. The van der Waals surface area contributed by atoms with Crippen LogP contribution in [0.15, 0.2) is 18.2 Å². The highest BCUT2D eigenvalue weighted by atomic mass is 127. The van der Waals surface area contributed by atoms with Gasteiger partial charge in [-0.05, 0) is 34.2 Å². The largest absolute Gasteiger partial charge is 0.465 e. The smallest absolute Gasteiger partial charge is 0.142 e. The normalized spacial score (nSPS) is 9.54. The molecule has 0 saturated carbocycles. The molecule has 0 spiro atoms. The molecule has 0 N–H and O–H groups in total. The van der Waals surface area contributed by atoms with Crippen LogP contribution < -0.4 is 9.99 Å². The highest BCUT2D eigenvalue weighted by Gasteiger charge is 1.98. The Morgan fingerprint density at radius 1 is 1.46 bits per heavy atom. The molecule has 13 heavy (non-hydrogen) atoms. The summed E-state index contributed by atoms with van der Waals surface area (Å²) in [5.41, 5.74) is 0.652. The van der Waals surface area contributed by atoms with Gasteiger partial charge < -0.3 is 4.52 Å². The monoisotopic (exact) mass is 326 g/mol. The van der Waals surface area contributed by atoms with Crippen molar-refractivity contribution in [3.05, 3.63) is 23.2 Å². The van der Waals surface area contributed by atoms with Crippen molar-refractivity contribution in [2.75, 3.05) is 0 Å². The number of hydrogen-bond acceptors (Lipinski definition) is 1. The summed E-state index contributed by atoms with van der Waals surface area (Å²) in [7, 11) is 5.48. The fraction of sp³-hybridized carbons (Fsp3) is 0.250. The molecular formula is C8H10BClIOP. The molecule has 0 amide bonds. The molecular weight excluding hydrogens is 316 g/mol. The van der Waals surface area contributed by atoms with E-state index in [2.05, 4.69) is 22.0 Å². The SMILES string of the molecule is CC.[B]c1ccc(OPI)c(Cl)c1. The van der Waals surface area contributed by atoms with E-state index < -0.39 is 0 Å². The number of rotatable bonds is 2. The molecule has 0 heterocycles. The average Bonchev–Trinajstić information content (AvgIpc) is 2.14. The fourth-order valence-electron chi connectivity index (χ4n) is 0.641. The molecule has 1 rings (SSSR count). The van der Waals surface area contributed by atoms with Crippen molar-refractivity contribution in [3.63, 3.8) is 0 Å². The van der Waals surface area contributed by atoms with Crippen LogP contribution in [-0.2, 0) is 0 Å². The summed E-state index contributed by atoms with van der Waals surface area (Å²) >= 11 is 7.94. The number of halogens is 2. The summed E-state index contributed by atoms with van der Waals surface area (Å²) in [6.07, 6.45) is 0. The van der Waals surface area contributed by atoms with Gasteiger partial charge in [-0.25, -0.2) is 0 Å². The van der Waals surface area contributed by atoms with Crippen LogP contribution in [0.1, 0.15) is 13.8 Å². The maximum absolute atomic E-state index is 5.80. The molecule has 0 bridgehead atoms. The minimum atomic E-state index is 0.373. The topological polar surface area (TPSA) is 9.23 Å². The molecule has 0 aliphatic rings. The Hall–Kier alpha value is 0.535. The maximum Gasteiger partial charge on any atom is 0.142 e. The quantitative estimate of drug-likeness (QED) is 0.459. The highest BCUT2D eigenvalue weighted by Crippen LogP contribution is 2.31. The zero-order valence-corrected chi connectivity index (χ0v) is 11.4. The van der Waals surface area contributed by atoms with E-state index in [1.807, 2.05) is 13.8 Å². The van der Waals surface area contributed by atoms with Crippen LogP contribution >= 0.6 is 40.1 Å². The molecule has 2 radical (unpaired) electrons. The minimum absolute atomic E-state index is 0.373. The zero-order valence-electron chi connectivity index (χ0n) is 7.47. The van der Waals surface area contributed by atoms with Gasteiger partial charge in [-0.15, -0.1) is 0 Å². The van der Waals surface area contributed by atoms with Crippen molar-refractivity contribution >= 4 is 53.4 Å². The van der Waals surface area contributed by atoms with Crippen molar-refractivity contribution in [3.8, 4) is 5.75 Å². The summed E-state index contributed by atoms with van der Waals surface area (Å²) in [6.45, 7) is 4.37. The molecule has 0 aromatic heterocycles. The van der Waals surface area contributed by atoms with Crippen molar-refractivity contribution in [2.24, 2.45) is 0 Å². The highest BCUT2D eigenvalue weighted by molar-refractivity contribution is 14.2. The molecule has 0 saturated heterocycles.